The van der Waals surface area contributed by atoms with Gasteiger partial charge in [-0.05, 0) is 49.9 Å². The van der Waals surface area contributed by atoms with Gasteiger partial charge < -0.3 is 5.32 Å². The zero-order valence-corrected chi connectivity index (χ0v) is 12.2. The molecule has 0 fully saturated rings. The standard InChI is InChI=1S/C14H18N4S/c1-4-12(15-3)13-6-5-11(9-16-13)19-14-17-7-10(2)8-18-14/h5-9,12,15H,4H2,1-3H3. The number of nitrogens with zero attached hydrogens (tertiary/aromatic N) is 3. The van der Waals surface area contributed by atoms with Crippen LogP contribution in [0.5, 0.6) is 0 Å². The summed E-state index contributed by atoms with van der Waals surface area (Å²) < 4.78 is 0. The Morgan fingerprint density at radius 3 is 2.42 bits per heavy atom. The monoisotopic (exact) mass is 274 g/mol. The summed E-state index contributed by atoms with van der Waals surface area (Å²) in [7, 11) is 1.96. The summed E-state index contributed by atoms with van der Waals surface area (Å²) >= 11 is 1.53. The van der Waals surface area contributed by atoms with Gasteiger partial charge in [-0.3, -0.25) is 4.98 Å². The molecular weight excluding hydrogens is 256 g/mol. The smallest absolute Gasteiger partial charge is 0.192 e. The van der Waals surface area contributed by atoms with E-state index in [-0.39, 0.29) is 0 Å². The Kier molecular flexibility index (Phi) is 4.87. The van der Waals surface area contributed by atoms with Crippen LogP contribution in [0.15, 0.2) is 40.8 Å². The highest BCUT2D eigenvalue weighted by molar-refractivity contribution is 7.99. The van der Waals surface area contributed by atoms with E-state index in [1.165, 1.54) is 11.8 Å². The van der Waals surface area contributed by atoms with Crippen molar-refractivity contribution in [3.8, 4) is 0 Å². The molecule has 0 radical (unpaired) electrons. The van der Waals surface area contributed by atoms with E-state index in [1.54, 1.807) is 0 Å². The van der Waals surface area contributed by atoms with E-state index in [0.29, 0.717) is 6.04 Å². The number of rotatable bonds is 5. The first-order valence-corrected chi connectivity index (χ1v) is 7.14. The van der Waals surface area contributed by atoms with Crippen molar-refractivity contribution in [3.63, 3.8) is 0 Å². The lowest BCUT2D eigenvalue weighted by Gasteiger charge is -2.13. The van der Waals surface area contributed by atoms with Gasteiger partial charge in [0.15, 0.2) is 5.16 Å². The molecule has 100 valence electrons. The summed E-state index contributed by atoms with van der Waals surface area (Å²) in [5, 5.41) is 4.00. The number of nitrogens with one attached hydrogen (secondary N) is 1. The van der Waals surface area contributed by atoms with Crippen molar-refractivity contribution in [1.29, 1.82) is 0 Å². The predicted octanol–water partition coefficient (Wildman–Crippen LogP) is 3.00. The van der Waals surface area contributed by atoms with Gasteiger partial charge in [0.05, 0.1) is 5.69 Å². The van der Waals surface area contributed by atoms with Crippen LogP contribution < -0.4 is 5.32 Å². The van der Waals surface area contributed by atoms with Gasteiger partial charge >= 0.3 is 0 Å². The normalized spacial score (nSPS) is 12.4. The number of pyridine rings is 1. The molecule has 2 rings (SSSR count). The fourth-order valence-electron chi connectivity index (χ4n) is 1.76. The Morgan fingerprint density at radius 2 is 1.89 bits per heavy atom. The minimum Gasteiger partial charge on any atom is -0.312 e. The molecule has 0 aromatic carbocycles. The molecule has 2 aromatic rings. The van der Waals surface area contributed by atoms with Crippen molar-refractivity contribution >= 4 is 11.8 Å². The fraction of sp³-hybridized carbons (Fsp3) is 0.357. The van der Waals surface area contributed by atoms with Gasteiger partial charge in [0.1, 0.15) is 0 Å². The van der Waals surface area contributed by atoms with Gasteiger partial charge in [-0.1, -0.05) is 6.92 Å². The van der Waals surface area contributed by atoms with E-state index in [0.717, 1.165) is 27.7 Å². The first-order valence-electron chi connectivity index (χ1n) is 6.32. The van der Waals surface area contributed by atoms with E-state index in [2.05, 4.69) is 39.3 Å². The van der Waals surface area contributed by atoms with E-state index in [1.807, 2.05) is 32.6 Å². The van der Waals surface area contributed by atoms with Gasteiger partial charge in [-0.2, -0.15) is 0 Å². The Morgan fingerprint density at radius 1 is 1.16 bits per heavy atom. The van der Waals surface area contributed by atoms with Crippen LogP contribution in [0.25, 0.3) is 0 Å². The van der Waals surface area contributed by atoms with Gasteiger partial charge in [-0.15, -0.1) is 0 Å². The van der Waals surface area contributed by atoms with Crippen LogP contribution in [-0.2, 0) is 0 Å². The molecule has 0 saturated carbocycles. The number of aryl methyl sites for hydroxylation is 1. The van der Waals surface area contributed by atoms with Crippen LogP contribution in [0.4, 0.5) is 0 Å². The molecule has 1 unspecified atom stereocenters. The summed E-state index contributed by atoms with van der Waals surface area (Å²) in [5.41, 5.74) is 2.14. The van der Waals surface area contributed by atoms with E-state index >= 15 is 0 Å². The molecule has 2 heterocycles. The number of aromatic nitrogens is 3. The third kappa shape index (κ3) is 3.75. The average molecular weight is 274 g/mol. The average Bonchev–Trinajstić information content (AvgIpc) is 2.44. The minimum absolute atomic E-state index is 0.315. The molecule has 1 N–H and O–H groups in total. The van der Waals surface area contributed by atoms with Gasteiger partial charge in [0.2, 0.25) is 0 Å². The molecule has 0 aliphatic heterocycles. The molecule has 0 aliphatic carbocycles. The Labute approximate surface area is 118 Å². The number of hydrogen-bond donors (Lipinski definition) is 1. The minimum atomic E-state index is 0.315. The molecule has 0 aliphatic rings. The molecule has 0 bridgehead atoms. The van der Waals surface area contributed by atoms with E-state index < -0.39 is 0 Å². The second-order valence-electron chi connectivity index (χ2n) is 4.31. The lowest BCUT2D eigenvalue weighted by Crippen LogP contribution is -2.16. The van der Waals surface area contributed by atoms with Gasteiger partial charge in [0.25, 0.3) is 0 Å². The maximum atomic E-state index is 4.50. The van der Waals surface area contributed by atoms with Crippen molar-refractivity contribution in [3.05, 3.63) is 42.0 Å². The largest absolute Gasteiger partial charge is 0.312 e. The van der Waals surface area contributed by atoms with E-state index in [9.17, 15) is 0 Å². The predicted molar refractivity (Wildman–Crippen MR) is 77.2 cm³/mol. The molecule has 19 heavy (non-hydrogen) atoms. The number of hydrogen-bond acceptors (Lipinski definition) is 5. The van der Waals surface area contributed by atoms with Crippen LogP contribution in [0.3, 0.4) is 0 Å². The molecule has 0 amide bonds. The van der Waals surface area contributed by atoms with Crippen LogP contribution in [0.2, 0.25) is 0 Å². The second-order valence-corrected chi connectivity index (χ2v) is 5.35. The highest BCUT2D eigenvalue weighted by Gasteiger charge is 2.08. The first-order chi connectivity index (χ1) is 9.22. The molecule has 4 nitrogen and oxygen atoms in total. The SMILES string of the molecule is CCC(NC)c1ccc(Sc2ncc(C)cn2)cn1. The summed E-state index contributed by atoms with van der Waals surface area (Å²) in [6.07, 6.45) is 6.55. The van der Waals surface area contributed by atoms with Crippen LogP contribution in [0.1, 0.15) is 30.6 Å². The topological polar surface area (TPSA) is 50.7 Å². The van der Waals surface area contributed by atoms with Crippen molar-refractivity contribution in [2.75, 3.05) is 7.05 Å². The fourth-order valence-corrected chi connectivity index (χ4v) is 2.42. The summed E-state index contributed by atoms with van der Waals surface area (Å²) in [5.74, 6) is 0. The zero-order chi connectivity index (χ0) is 13.7. The quantitative estimate of drug-likeness (QED) is 0.849. The zero-order valence-electron chi connectivity index (χ0n) is 11.4. The van der Waals surface area contributed by atoms with E-state index in [4.69, 9.17) is 0 Å². The molecule has 0 spiro atoms. The van der Waals surface area contributed by atoms with Gasteiger partial charge in [0, 0.05) is 29.5 Å². The maximum absolute atomic E-state index is 4.50. The molecule has 0 saturated heterocycles. The van der Waals surface area contributed by atoms with Crippen molar-refractivity contribution < 1.29 is 0 Å². The lowest BCUT2D eigenvalue weighted by molar-refractivity contribution is 0.561. The lowest BCUT2D eigenvalue weighted by atomic mass is 10.1. The van der Waals surface area contributed by atoms with Crippen LogP contribution in [0, 0.1) is 6.92 Å². The second kappa shape index (κ2) is 6.63. The maximum Gasteiger partial charge on any atom is 0.192 e. The highest BCUT2D eigenvalue weighted by Crippen LogP contribution is 2.24. The summed E-state index contributed by atoms with van der Waals surface area (Å²) in [6.45, 7) is 4.12. The van der Waals surface area contributed by atoms with Crippen LogP contribution in [-0.4, -0.2) is 22.0 Å². The molecule has 1 atom stereocenters. The Balaban J connectivity index is 2.08. The molecular formula is C14H18N4S. The summed E-state index contributed by atoms with van der Waals surface area (Å²) in [6, 6.07) is 4.44. The third-order valence-electron chi connectivity index (χ3n) is 2.84. The first kappa shape index (κ1) is 14.0. The molecule has 2 aromatic heterocycles. The Bertz CT molecular complexity index is 506. The third-order valence-corrected chi connectivity index (χ3v) is 3.71. The van der Waals surface area contributed by atoms with Crippen molar-refractivity contribution in [1.82, 2.24) is 20.3 Å². The molecule has 5 heteroatoms. The van der Waals surface area contributed by atoms with Crippen LogP contribution >= 0.6 is 11.8 Å². The summed E-state index contributed by atoms with van der Waals surface area (Å²) in [4.78, 5) is 14.1. The highest BCUT2D eigenvalue weighted by atomic mass is 32.2. The van der Waals surface area contributed by atoms with Crippen molar-refractivity contribution in [2.24, 2.45) is 0 Å². The van der Waals surface area contributed by atoms with Gasteiger partial charge in [-0.25, -0.2) is 9.97 Å². The Hall–Kier alpha value is -1.46. The van der Waals surface area contributed by atoms with Crippen molar-refractivity contribution in [2.45, 2.75) is 36.4 Å².